The largest absolute Gasteiger partial charge is 0.382 e. The van der Waals surface area contributed by atoms with Gasteiger partial charge in [-0.15, -0.1) is 0 Å². The highest BCUT2D eigenvalue weighted by molar-refractivity contribution is 6.30. The number of aryl methyl sites for hydroxylation is 2. The van der Waals surface area contributed by atoms with E-state index in [1.54, 1.807) is 0 Å². The monoisotopic (exact) mass is 299 g/mol. The number of pyridine rings is 1. The lowest BCUT2D eigenvalue weighted by atomic mass is 10.1. The smallest absolute Gasteiger partial charge is 0.222 e. The van der Waals surface area contributed by atoms with E-state index in [1.165, 1.54) is 5.56 Å². The highest BCUT2D eigenvalue weighted by atomic mass is 35.5. The fourth-order valence-electron chi connectivity index (χ4n) is 2.16. The Morgan fingerprint density at radius 2 is 1.62 bits per heavy atom. The quantitative estimate of drug-likeness (QED) is 0.776. The van der Waals surface area contributed by atoms with Gasteiger partial charge in [0.05, 0.1) is 5.52 Å². The summed E-state index contributed by atoms with van der Waals surface area (Å²) < 4.78 is 0. The Kier molecular flexibility index (Phi) is 3.58. The zero-order chi connectivity index (χ0) is 14.8. The summed E-state index contributed by atoms with van der Waals surface area (Å²) in [5, 5.41) is 0.741. The first-order valence-corrected chi connectivity index (χ1v) is 6.93. The van der Waals surface area contributed by atoms with Crippen molar-refractivity contribution >= 4 is 34.4 Å². The lowest BCUT2D eigenvalue weighted by Gasteiger charge is -2.05. The van der Waals surface area contributed by atoms with Crippen LogP contribution in [0.3, 0.4) is 0 Å². The molecule has 0 aliphatic heterocycles. The normalized spacial score (nSPS) is 10.9. The third-order valence-corrected chi connectivity index (χ3v) is 3.48. The summed E-state index contributed by atoms with van der Waals surface area (Å²) in [5.74, 6) is 0.474. The maximum Gasteiger partial charge on any atom is 0.222 e. The van der Waals surface area contributed by atoms with Crippen molar-refractivity contribution in [3.05, 3.63) is 52.7 Å². The van der Waals surface area contributed by atoms with Crippen LogP contribution >= 0.6 is 11.6 Å². The maximum atomic E-state index is 5.87. The molecular formula is C15H14ClN5. The molecule has 3 aromatic rings. The van der Waals surface area contributed by atoms with Crippen molar-refractivity contribution in [1.82, 2.24) is 15.0 Å². The lowest BCUT2D eigenvalue weighted by Crippen LogP contribution is -2.03. The van der Waals surface area contributed by atoms with Gasteiger partial charge in [-0.2, -0.15) is 4.98 Å². The van der Waals surface area contributed by atoms with Gasteiger partial charge in [-0.05, 0) is 42.7 Å². The maximum absolute atomic E-state index is 5.87. The number of hydrogen-bond acceptors (Lipinski definition) is 5. The number of halogens is 1. The average molecular weight is 300 g/mol. The van der Waals surface area contributed by atoms with E-state index >= 15 is 0 Å². The molecule has 0 aliphatic carbocycles. The number of benzene rings is 1. The molecule has 5 nitrogen and oxygen atoms in total. The molecule has 0 atom stereocenters. The first kappa shape index (κ1) is 13.6. The van der Waals surface area contributed by atoms with Gasteiger partial charge in [-0.1, -0.05) is 23.7 Å². The van der Waals surface area contributed by atoms with Crippen molar-refractivity contribution in [2.45, 2.75) is 12.8 Å². The van der Waals surface area contributed by atoms with Crippen LogP contribution in [0.4, 0.5) is 11.8 Å². The summed E-state index contributed by atoms with van der Waals surface area (Å²) in [6.45, 7) is 0. The zero-order valence-electron chi connectivity index (χ0n) is 11.3. The minimum atomic E-state index is 0.163. The number of anilines is 2. The van der Waals surface area contributed by atoms with Crippen molar-refractivity contribution in [3.8, 4) is 0 Å². The molecule has 0 spiro atoms. The van der Waals surface area contributed by atoms with E-state index in [-0.39, 0.29) is 5.95 Å². The fourth-order valence-corrected chi connectivity index (χ4v) is 2.28. The molecule has 0 bridgehead atoms. The highest BCUT2D eigenvalue weighted by Crippen LogP contribution is 2.18. The number of aromatic nitrogens is 3. The van der Waals surface area contributed by atoms with Crippen molar-refractivity contribution in [3.63, 3.8) is 0 Å². The molecule has 0 unspecified atom stereocenters. The summed E-state index contributed by atoms with van der Waals surface area (Å²) in [7, 11) is 0. The summed E-state index contributed by atoms with van der Waals surface area (Å²) in [6.07, 6.45) is 1.69. The van der Waals surface area contributed by atoms with Gasteiger partial charge in [0.1, 0.15) is 5.52 Å². The van der Waals surface area contributed by atoms with Gasteiger partial charge in [0.2, 0.25) is 5.95 Å². The Morgan fingerprint density at radius 3 is 2.38 bits per heavy atom. The van der Waals surface area contributed by atoms with Gasteiger partial charge >= 0.3 is 0 Å². The van der Waals surface area contributed by atoms with Crippen LogP contribution < -0.4 is 11.5 Å². The average Bonchev–Trinajstić information content (AvgIpc) is 2.47. The minimum Gasteiger partial charge on any atom is -0.382 e. The Balaban J connectivity index is 1.83. The second kappa shape index (κ2) is 5.54. The van der Waals surface area contributed by atoms with Gasteiger partial charge in [0.25, 0.3) is 0 Å². The van der Waals surface area contributed by atoms with Crippen molar-refractivity contribution in [2.24, 2.45) is 0 Å². The lowest BCUT2D eigenvalue weighted by molar-refractivity contribution is 0.921. The number of nitrogens with two attached hydrogens (primary N) is 2. The molecular weight excluding hydrogens is 286 g/mol. The Labute approximate surface area is 127 Å². The molecule has 2 heterocycles. The topological polar surface area (TPSA) is 90.7 Å². The number of hydrogen-bond donors (Lipinski definition) is 2. The first-order valence-electron chi connectivity index (χ1n) is 6.55. The van der Waals surface area contributed by atoms with Crippen LogP contribution in [0.5, 0.6) is 0 Å². The SMILES string of the molecule is Nc1nc(N)c2nc(CCc3ccc(Cl)cc3)ccc2n1. The predicted octanol–water partition coefficient (Wildman–Crippen LogP) is 2.63. The molecule has 1 aromatic carbocycles. The summed E-state index contributed by atoms with van der Waals surface area (Å²) in [4.78, 5) is 12.6. The van der Waals surface area contributed by atoms with Crippen LogP contribution in [0.25, 0.3) is 11.0 Å². The van der Waals surface area contributed by atoms with E-state index in [0.29, 0.717) is 16.9 Å². The standard InChI is InChI=1S/C15H14ClN5/c16-10-4-1-9(2-5-10)3-6-11-7-8-12-13(19-11)14(17)21-15(18)20-12/h1-2,4-5,7-8H,3,6H2,(H4,17,18,20,21). The fraction of sp³-hybridized carbons (Fsp3) is 0.133. The molecule has 0 saturated heterocycles. The Bertz CT molecular complexity index is 786. The highest BCUT2D eigenvalue weighted by Gasteiger charge is 2.06. The van der Waals surface area contributed by atoms with Crippen LogP contribution in [0.1, 0.15) is 11.3 Å². The second-order valence-corrected chi connectivity index (χ2v) is 5.20. The predicted molar refractivity (Wildman–Crippen MR) is 85.0 cm³/mol. The molecule has 6 heteroatoms. The molecule has 0 aliphatic rings. The van der Waals surface area contributed by atoms with Crippen LogP contribution in [-0.2, 0) is 12.8 Å². The molecule has 0 radical (unpaired) electrons. The molecule has 0 fully saturated rings. The van der Waals surface area contributed by atoms with Gasteiger partial charge < -0.3 is 11.5 Å². The van der Waals surface area contributed by atoms with Crippen molar-refractivity contribution < 1.29 is 0 Å². The molecule has 0 amide bonds. The third kappa shape index (κ3) is 3.03. The van der Waals surface area contributed by atoms with Crippen LogP contribution in [0, 0.1) is 0 Å². The van der Waals surface area contributed by atoms with E-state index in [4.69, 9.17) is 23.1 Å². The number of fused-ring (bicyclic) bond motifs is 1. The molecule has 0 saturated carbocycles. The van der Waals surface area contributed by atoms with Crippen molar-refractivity contribution in [1.29, 1.82) is 0 Å². The van der Waals surface area contributed by atoms with E-state index in [1.807, 2.05) is 36.4 Å². The summed E-state index contributed by atoms with van der Waals surface area (Å²) in [6, 6.07) is 11.6. The van der Waals surface area contributed by atoms with Gasteiger partial charge in [0, 0.05) is 10.7 Å². The first-order chi connectivity index (χ1) is 10.1. The van der Waals surface area contributed by atoms with Crippen LogP contribution in [-0.4, -0.2) is 15.0 Å². The van der Waals surface area contributed by atoms with Crippen LogP contribution in [0.2, 0.25) is 5.02 Å². The second-order valence-electron chi connectivity index (χ2n) is 4.76. The molecule has 2 aromatic heterocycles. The third-order valence-electron chi connectivity index (χ3n) is 3.23. The van der Waals surface area contributed by atoms with Gasteiger partial charge in [-0.3, -0.25) is 0 Å². The minimum absolute atomic E-state index is 0.163. The molecule has 3 rings (SSSR count). The molecule has 21 heavy (non-hydrogen) atoms. The summed E-state index contributed by atoms with van der Waals surface area (Å²) >= 11 is 5.87. The van der Waals surface area contributed by atoms with Gasteiger partial charge in [0.15, 0.2) is 5.82 Å². The van der Waals surface area contributed by atoms with Crippen molar-refractivity contribution in [2.75, 3.05) is 11.5 Å². The van der Waals surface area contributed by atoms with E-state index in [2.05, 4.69) is 15.0 Å². The Morgan fingerprint density at radius 1 is 0.857 bits per heavy atom. The number of nitrogen functional groups attached to an aromatic ring is 2. The van der Waals surface area contributed by atoms with Crippen LogP contribution in [0.15, 0.2) is 36.4 Å². The van der Waals surface area contributed by atoms with E-state index in [9.17, 15) is 0 Å². The Hall–Kier alpha value is -2.40. The van der Waals surface area contributed by atoms with E-state index in [0.717, 1.165) is 23.6 Å². The van der Waals surface area contributed by atoms with E-state index < -0.39 is 0 Å². The number of rotatable bonds is 3. The molecule has 106 valence electrons. The zero-order valence-corrected chi connectivity index (χ0v) is 12.0. The number of nitrogens with zero attached hydrogens (tertiary/aromatic N) is 3. The summed E-state index contributed by atoms with van der Waals surface area (Å²) in [5.41, 5.74) is 14.8. The molecule has 4 N–H and O–H groups in total. The van der Waals surface area contributed by atoms with Gasteiger partial charge in [-0.25, -0.2) is 9.97 Å².